The fraction of sp³-hybridized carbons (Fsp3) is 0.867. The van der Waals surface area contributed by atoms with Crippen molar-refractivity contribution in [2.45, 2.75) is 65.3 Å². The molecule has 2 rings (SSSR count). The van der Waals surface area contributed by atoms with E-state index in [0.29, 0.717) is 11.8 Å². The minimum Gasteiger partial charge on any atom is -0.347 e. The Morgan fingerprint density at radius 1 is 1.24 bits per heavy atom. The first-order valence-corrected chi connectivity index (χ1v) is 6.82. The van der Waals surface area contributed by atoms with Crippen LogP contribution in [0.15, 0.2) is 11.6 Å². The molecule has 0 aromatic carbocycles. The number of ether oxygens (including phenoxy) is 2. The first-order valence-electron chi connectivity index (χ1n) is 6.82. The molecule has 17 heavy (non-hydrogen) atoms. The average molecular weight is 238 g/mol. The van der Waals surface area contributed by atoms with E-state index in [0.717, 1.165) is 13.0 Å². The van der Waals surface area contributed by atoms with E-state index >= 15 is 0 Å². The highest BCUT2D eigenvalue weighted by Gasteiger charge is 2.47. The normalized spacial score (nSPS) is 42.1. The summed E-state index contributed by atoms with van der Waals surface area (Å²) in [5, 5.41) is 0. The second-order valence-corrected chi connectivity index (χ2v) is 6.57. The van der Waals surface area contributed by atoms with Crippen molar-refractivity contribution in [2.24, 2.45) is 11.8 Å². The fourth-order valence-corrected chi connectivity index (χ4v) is 3.25. The van der Waals surface area contributed by atoms with Gasteiger partial charge in [-0.05, 0) is 58.8 Å². The van der Waals surface area contributed by atoms with Crippen molar-refractivity contribution in [1.82, 2.24) is 0 Å². The highest BCUT2D eigenvalue weighted by atomic mass is 16.8. The summed E-state index contributed by atoms with van der Waals surface area (Å²) in [6, 6.07) is 0. The Morgan fingerprint density at radius 3 is 2.53 bits per heavy atom. The zero-order valence-corrected chi connectivity index (χ0v) is 11.9. The van der Waals surface area contributed by atoms with Gasteiger partial charge in [0.25, 0.3) is 0 Å². The van der Waals surface area contributed by atoms with Crippen molar-refractivity contribution < 1.29 is 9.47 Å². The summed E-state index contributed by atoms with van der Waals surface area (Å²) in [7, 11) is 0. The lowest BCUT2D eigenvalue weighted by Gasteiger charge is -2.33. The molecule has 0 saturated carbocycles. The number of hydrogen-bond acceptors (Lipinski definition) is 2. The predicted octanol–water partition coefficient (Wildman–Crippen LogP) is 3.91. The summed E-state index contributed by atoms with van der Waals surface area (Å²) < 4.78 is 11.9. The molecule has 3 atom stereocenters. The quantitative estimate of drug-likeness (QED) is 0.645. The van der Waals surface area contributed by atoms with E-state index in [1.807, 2.05) is 13.8 Å². The van der Waals surface area contributed by atoms with Crippen LogP contribution in [0.2, 0.25) is 0 Å². The lowest BCUT2D eigenvalue weighted by molar-refractivity contribution is -0.169. The molecule has 0 spiro atoms. The molecule has 0 N–H and O–H groups in total. The molecule has 0 aromatic rings. The zero-order chi connectivity index (χ0) is 12.7. The van der Waals surface area contributed by atoms with E-state index in [-0.39, 0.29) is 5.60 Å². The van der Waals surface area contributed by atoms with E-state index in [4.69, 9.17) is 9.47 Å². The number of hydrogen-bond donors (Lipinski definition) is 0. The number of allylic oxidation sites excluding steroid dienone is 2. The fourth-order valence-electron chi connectivity index (χ4n) is 3.25. The molecule has 1 aliphatic heterocycles. The Balaban J connectivity index is 2.10. The lowest BCUT2D eigenvalue weighted by atomic mass is 9.82. The average Bonchev–Trinajstić information content (AvgIpc) is 2.38. The maximum atomic E-state index is 6.17. The topological polar surface area (TPSA) is 18.5 Å². The van der Waals surface area contributed by atoms with Crippen LogP contribution in [0.5, 0.6) is 0 Å². The van der Waals surface area contributed by atoms with Gasteiger partial charge in [0.05, 0.1) is 12.2 Å². The van der Waals surface area contributed by atoms with Gasteiger partial charge in [-0.2, -0.15) is 0 Å². The lowest BCUT2D eigenvalue weighted by Crippen LogP contribution is -2.39. The molecule has 0 aromatic heterocycles. The minimum atomic E-state index is -0.412. The van der Waals surface area contributed by atoms with E-state index in [9.17, 15) is 0 Å². The molecule has 2 aliphatic rings. The van der Waals surface area contributed by atoms with Gasteiger partial charge >= 0.3 is 0 Å². The van der Waals surface area contributed by atoms with E-state index in [1.54, 1.807) is 0 Å². The Kier molecular flexibility index (Phi) is 3.39. The molecular weight excluding hydrogens is 212 g/mol. The van der Waals surface area contributed by atoms with Crippen molar-refractivity contribution in [3.05, 3.63) is 11.6 Å². The Bertz CT molecular complexity index is 319. The van der Waals surface area contributed by atoms with Gasteiger partial charge in [0.15, 0.2) is 5.79 Å². The van der Waals surface area contributed by atoms with Crippen LogP contribution in [0.4, 0.5) is 0 Å². The summed E-state index contributed by atoms with van der Waals surface area (Å²) >= 11 is 0. The van der Waals surface area contributed by atoms with Crippen molar-refractivity contribution in [1.29, 1.82) is 0 Å². The molecule has 2 nitrogen and oxygen atoms in total. The third kappa shape index (κ3) is 2.92. The van der Waals surface area contributed by atoms with E-state index < -0.39 is 5.79 Å². The summed E-state index contributed by atoms with van der Waals surface area (Å²) in [5.41, 5.74) is 1.40. The molecule has 0 amide bonds. The second-order valence-electron chi connectivity index (χ2n) is 6.57. The monoisotopic (exact) mass is 238 g/mol. The van der Waals surface area contributed by atoms with Crippen molar-refractivity contribution >= 4 is 0 Å². The molecule has 98 valence electrons. The molecule has 1 aliphatic carbocycles. The summed E-state index contributed by atoms with van der Waals surface area (Å²) in [4.78, 5) is 0. The molecule has 0 bridgehead atoms. The van der Waals surface area contributed by atoms with Gasteiger partial charge in [-0.25, -0.2) is 0 Å². The van der Waals surface area contributed by atoms with Gasteiger partial charge < -0.3 is 9.47 Å². The minimum absolute atomic E-state index is 0.108. The van der Waals surface area contributed by atoms with Gasteiger partial charge in [0, 0.05) is 0 Å². The summed E-state index contributed by atoms with van der Waals surface area (Å²) in [6.07, 6.45) is 6.08. The molecule has 1 fully saturated rings. The summed E-state index contributed by atoms with van der Waals surface area (Å²) in [6.45, 7) is 11.5. The van der Waals surface area contributed by atoms with Crippen molar-refractivity contribution in [2.75, 3.05) is 6.61 Å². The Hall–Kier alpha value is -0.340. The van der Waals surface area contributed by atoms with Crippen LogP contribution in [-0.2, 0) is 9.47 Å². The second kappa shape index (κ2) is 4.40. The maximum absolute atomic E-state index is 6.17. The van der Waals surface area contributed by atoms with Crippen LogP contribution in [0.3, 0.4) is 0 Å². The maximum Gasteiger partial charge on any atom is 0.163 e. The highest BCUT2D eigenvalue weighted by molar-refractivity contribution is 5.07. The molecule has 2 heteroatoms. The van der Waals surface area contributed by atoms with Crippen LogP contribution < -0.4 is 0 Å². The van der Waals surface area contributed by atoms with Crippen molar-refractivity contribution in [3.8, 4) is 0 Å². The van der Waals surface area contributed by atoms with Crippen LogP contribution >= 0.6 is 0 Å². The van der Waals surface area contributed by atoms with E-state index in [1.165, 1.54) is 18.4 Å². The van der Waals surface area contributed by atoms with Crippen LogP contribution in [0.1, 0.15) is 53.9 Å². The predicted molar refractivity (Wildman–Crippen MR) is 69.8 cm³/mol. The third-order valence-corrected chi connectivity index (χ3v) is 4.16. The van der Waals surface area contributed by atoms with Gasteiger partial charge in [-0.3, -0.25) is 0 Å². The first kappa shape index (κ1) is 13.1. The molecule has 1 saturated heterocycles. The Morgan fingerprint density at radius 2 is 1.94 bits per heavy atom. The van der Waals surface area contributed by atoms with Gasteiger partial charge in [-0.1, -0.05) is 18.6 Å². The van der Waals surface area contributed by atoms with Gasteiger partial charge in [0.1, 0.15) is 0 Å². The van der Waals surface area contributed by atoms with Gasteiger partial charge in [0.2, 0.25) is 0 Å². The molecular formula is C15H26O2. The van der Waals surface area contributed by atoms with E-state index in [2.05, 4.69) is 26.8 Å². The zero-order valence-electron chi connectivity index (χ0n) is 11.9. The SMILES string of the molecule is CC1=C[C@@H](C)CC[C@@H]([C@@]2(C)COC(C)(C)O2)C1. The van der Waals surface area contributed by atoms with Crippen LogP contribution in [-0.4, -0.2) is 18.0 Å². The Labute approximate surface area is 105 Å². The number of rotatable bonds is 1. The summed E-state index contributed by atoms with van der Waals surface area (Å²) in [5.74, 6) is 0.883. The highest BCUT2D eigenvalue weighted by Crippen LogP contribution is 2.42. The van der Waals surface area contributed by atoms with Crippen LogP contribution in [0.25, 0.3) is 0 Å². The molecule has 0 unspecified atom stereocenters. The molecule has 1 heterocycles. The van der Waals surface area contributed by atoms with Crippen LogP contribution in [0, 0.1) is 11.8 Å². The largest absolute Gasteiger partial charge is 0.347 e. The van der Waals surface area contributed by atoms with Crippen molar-refractivity contribution in [3.63, 3.8) is 0 Å². The first-order chi connectivity index (χ1) is 7.81. The third-order valence-electron chi connectivity index (χ3n) is 4.16. The van der Waals surface area contributed by atoms with Gasteiger partial charge in [-0.15, -0.1) is 0 Å². The smallest absolute Gasteiger partial charge is 0.163 e. The standard InChI is InChI=1S/C15H26O2/c1-11-6-7-13(9-12(2)8-11)15(5)10-16-14(3,4)17-15/h8,11,13H,6-7,9-10H2,1-5H3/t11-,13+,15+/m0/s1. The molecule has 0 radical (unpaired) electrons.